The third-order valence-corrected chi connectivity index (χ3v) is 7.61. The van der Waals surface area contributed by atoms with Crippen LogP contribution in [-0.2, 0) is 22.4 Å². The summed E-state index contributed by atoms with van der Waals surface area (Å²) in [4.78, 5) is 25.8. The lowest BCUT2D eigenvalue weighted by atomic mass is 9.71. The van der Waals surface area contributed by atoms with E-state index in [0.29, 0.717) is 24.0 Å². The third-order valence-electron chi connectivity index (χ3n) is 6.26. The van der Waals surface area contributed by atoms with Gasteiger partial charge in [0.05, 0.1) is 12.1 Å². The molecule has 3 rings (SSSR count). The number of fused-ring (bicyclic) bond motifs is 1. The van der Waals surface area contributed by atoms with E-state index in [1.807, 2.05) is 32.2 Å². The minimum atomic E-state index is -5.29. The van der Waals surface area contributed by atoms with Gasteiger partial charge in [0.2, 0.25) is 0 Å². The zero-order valence-electron chi connectivity index (χ0n) is 19.6. The summed E-state index contributed by atoms with van der Waals surface area (Å²) in [7, 11) is 0.805. The fourth-order valence-corrected chi connectivity index (χ4v) is 5.39. The number of alkyl halides is 3. The molecule has 2 aromatic rings. The van der Waals surface area contributed by atoms with Crippen LogP contribution in [0.4, 0.5) is 18.2 Å². The van der Waals surface area contributed by atoms with E-state index >= 15 is 0 Å². The number of hydrogen-bond donors (Lipinski definition) is 2. The quantitative estimate of drug-likeness (QED) is 0.384. The average molecular weight is 528 g/mol. The predicted octanol–water partition coefficient (Wildman–Crippen LogP) is 5.70. The van der Waals surface area contributed by atoms with Crippen molar-refractivity contribution in [2.75, 3.05) is 12.4 Å². The number of benzene rings is 1. The molecule has 0 saturated carbocycles. The maximum absolute atomic E-state index is 14.6. The van der Waals surface area contributed by atoms with Crippen LogP contribution < -0.4 is 10.6 Å². The van der Waals surface area contributed by atoms with Crippen LogP contribution >= 0.6 is 22.9 Å². The van der Waals surface area contributed by atoms with Crippen molar-refractivity contribution in [3.8, 4) is 6.07 Å². The molecule has 11 heteroatoms. The van der Waals surface area contributed by atoms with Gasteiger partial charge in [-0.1, -0.05) is 32.4 Å². The van der Waals surface area contributed by atoms with Crippen LogP contribution in [0.5, 0.6) is 0 Å². The van der Waals surface area contributed by atoms with Crippen molar-refractivity contribution in [2.45, 2.75) is 51.9 Å². The lowest BCUT2D eigenvalue weighted by Crippen LogP contribution is -2.69. The number of esters is 1. The number of nitrogens with one attached hydrogen (secondary N) is 2. The first kappa shape index (κ1) is 26.8. The molecule has 0 aliphatic heterocycles. The zero-order valence-corrected chi connectivity index (χ0v) is 21.2. The molecule has 188 valence electrons. The number of nitrogens with zero attached hydrogens (tertiary/aromatic N) is 1. The Labute approximate surface area is 210 Å². The van der Waals surface area contributed by atoms with Gasteiger partial charge in [-0.05, 0) is 66.0 Å². The number of thiophene rings is 1. The van der Waals surface area contributed by atoms with Crippen LogP contribution in [0, 0.1) is 22.7 Å². The normalized spacial score (nSPS) is 17.5. The number of halogens is 4. The molecular formula is C24H25ClF3N3O3S. The van der Waals surface area contributed by atoms with Gasteiger partial charge in [-0.2, -0.15) is 18.4 Å². The van der Waals surface area contributed by atoms with Crippen LogP contribution in [0.25, 0.3) is 0 Å². The van der Waals surface area contributed by atoms with Gasteiger partial charge in [0.25, 0.3) is 5.91 Å². The van der Waals surface area contributed by atoms with Crippen molar-refractivity contribution < 1.29 is 27.5 Å². The van der Waals surface area contributed by atoms with Gasteiger partial charge in [0, 0.05) is 10.6 Å². The van der Waals surface area contributed by atoms with E-state index in [0.717, 1.165) is 24.9 Å². The first-order valence-corrected chi connectivity index (χ1v) is 12.0. The van der Waals surface area contributed by atoms with E-state index in [2.05, 4.69) is 10.1 Å². The Morgan fingerprint density at radius 3 is 2.31 bits per heavy atom. The Hall–Kier alpha value is -2.77. The van der Waals surface area contributed by atoms with Crippen molar-refractivity contribution in [2.24, 2.45) is 11.3 Å². The summed E-state index contributed by atoms with van der Waals surface area (Å²) in [5.74, 6) is -2.75. The molecular weight excluding hydrogens is 503 g/mol. The molecule has 1 aliphatic rings. The van der Waals surface area contributed by atoms with E-state index in [-0.39, 0.29) is 31.8 Å². The van der Waals surface area contributed by atoms with Crippen molar-refractivity contribution in [1.82, 2.24) is 5.32 Å². The molecule has 2 N–H and O–H groups in total. The average Bonchev–Trinajstić information content (AvgIpc) is 3.13. The Balaban J connectivity index is 2.10. The Morgan fingerprint density at radius 1 is 1.17 bits per heavy atom. The molecule has 2 atom stereocenters. The second-order valence-electron chi connectivity index (χ2n) is 9.46. The molecule has 1 aliphatic carbocycles. The molecule has 35 heavy (non-hydrogen) atoms. The van der Waals surface area contributed by atoms with Crippen molar-refractivity contribution in [3.63, 3.8) is 0 Å². The molecule has 0 saturated heterocycles. The molecule has 0 spiro atoms. The number of carbonyl (C=O) groups is 2. The molecule has 1 aromatic heterocycles. The lowest BCUT2D eigenvalue weighted by molar-refractivity contribution is -0.203. The minimum absolute atomic E-state index is 0.00429. The Morgan fingerprint density at radius 2 is 1.80 bits per heavy atom. The van der Waals surface area contributed by atoms with Gasteiger partial charge in [-0.3, -0.25) is 4.79 Å². The summed E-state index contributed by atoms with van der Waals surface area (Å²) in [5, 5.41) is 14.0. The zero-order chi connectivity index (χ0) is 26.2. The van der Waals surface area contributed by atoms with Gasteiger partial charge in [-0.15, -0.1) is 11.3 Å². The smallest absolute Gasteiger partial charge is 0.441 e. The highest BCUT2D eigenvalue weighted by atomic mass is 35.5. The second kappa shape index (κ2) is 9.70. The number of rotatable bonds is 5. The molecule has 0 bridgehead atoms. The second-order valence-corrected chi connectivity index (χ2v) is 10.9. The maximum Gasteiger partial charge on any atom is 0.441 e. The standard InChI is InChI=1S/C24H25ClF3N3O3S/c1-22(2,3)14-7-10-16-17(11-14)20(35-18(16)12-29)31-23(21(33)34-4,24(26,27)28)30-19(32)13-5-8-15(25)9-6-13/h5-6,8-9,14,31H,7,10-11H2,1-4H3,(H,30,32). The number of methoxy groups -OCH3 is 1. The molecule has 1 heterocycles. The van der Waals surface area contributed by atoms with Gasteiger partial charge < -0.3 is 15.4 Å². The van der Waals surface area contributed by atoms with E-state index in [1.54, 1.807) is 0 Å². The SMILES string of the molecule is COC(=O)C(NC(=O)c1ccc(Cl)cc1)(Nc1sc(C#N)c2c1CC(C(C)(C)C)CC2)C(F)(F)F. The van der Waals surface area contributed by atoms with Crippen LogP contribution in [0.1, 0.15) is 53.6 Å². The first-order chi connectivity index (χ1) is 16.2. The van der Waals surface area contributed by atoms with Crippen LogP contribution in [0.3, 0.4) is 0 Å². The molecule has 0 radical (unpaired) electrons. The monoisotopic (exact) mass is 527 g/mol. The summed E-state index contributed by atoms with van der Waals surface area (Å²) in [6.07, 6.45) is -3.54. The summed E-state index contributed by atoms with van der Waals surface area (Å²) in [6.45, 7) is 6.15. The molecule has 2 unspecified atom stereocenters. The first-order valence-electron chi connectivity index (χ1n) is 10.8. The highest BCUT2D eigenvalue weighted by Gasteiger charge is 2.64. The number of ether oxygens (including phenoxy) is 1. The summed E-state index contributed by atoms with van der Waals surface area (Å²) < 4.78 is 48.2. The number of amides is 1. The van der Waals surface area contributed by atoms with Crippen molar-refractivity contribution >= 4 is 39.8 Å². The van der Waals surface area contributed by atoms with Gasteiger partial charge in [0.15, 0.2) is 0 Å². The summed E-state index contributed by atoms with van der Waals surface area (Å²) >= 11 is 6.64. The summed E-state index contributed by atoms with van der Waals surface area (Å²) in [5.41, 5.74) is -2.61. The molecule has 1 amide bonds. The highest BCUT2D eigenvalue weighted by Crippen LogP contribution is 2.46. The number of nitriles is 1. The van der Waals surface area contributed by atoms with E-state index in [9.17, 15) is 28.0 Å². The van der Waals surface area contributed by atoms with Crippen molar-refractivity contribution in [3.05, 3.63) is 50.9 Å². The molecule has 0 fully saturated rings. The summed E-state index contributed by atoms with van der Waals surface area (Å²) in [6, 6.07) is 7.22. The lowest BCUT2D eigenvalue weighted by Gasteiger charge is -2.37. The number of anilines is 1. The number of carbonyl (C=O) groups excluding carboxylic acids is 2. The van der Waals surface area contributed by atoms with E-state index in [4.69, 9.17) is 11.6 Å². The van der Waals surface area contributed by atoms with Crippen LogP contribution in [0.15, 0.2) is 24.3 Å². The molecule has 6 nitrogen and oxygen atoms in total. The van der Waals surface area contributed by atoms with Crippen LogP contribution in [-0.4, -0.2) is 30.8 Å². The number of hydrogen-bond acceptors (Lipinski definition) is 6. The third kappa shape index (κ3) is 5.26. The predicted molar refractivity (Wildman–Crippen MR) is 127 cm³/mol. The highest BCUT2D eigenvalue weighted by molar-refractivity contribution is 7.17. The molecule has 1 aromatic carbocycles. The Bertz CT molecular complexity index is 1170. The van der Waals surface area contributed by atoms with Gasteiger partial charge in [0.1, 0.15) is 10.9 Å². The van der Waals surface area contributed by atoms with Crippen LogP contribution in [0.2, 0.25) is 5.02 Å². The fraction of sp³-hybridized carbons (Fsp3) is 0.458. The van der Waals surface area contributed by atoms with E-state index in [1.165, 1.54) is 24.3 Å². The van der Waals surface area contributed by atoms with Gasteiger partial charge in [-0.25, -0.2) is 4.79 Å². The Kier molecular flexibility index (Phi) is 7.44. The maximum atomic E-state index is 14.6. The van der Waals surface area contributed by atoms with Crippen molar-refractivity contribution in [1.29, 1.82) is 5.26 Å². The van der Waals surface area contributed by atoms with E-state index < -0.39 is 23.7 Å². The van der Waals surface area contributed by atoms with Gasteiger partial charge >= 0.3 is 17.8 Å². The fourth-order valence-electron chi connectivity index (χ4n) is 4.14. The topological polar surface area (TPSA) is 91.2 Å². The minimum Gasteiger partial charge on any atom is -0.466 e. The largest absolute Gasteiger partial charge is 0.466 e.